The van der Waals surface area contributed by atoms with Crippen molar-refractivity contribution in [3.8, 4) is 5.75 Å². The summed E-state index contributed by atoms with van der Waals surface area (Å²) < 4.78 is 0. The van der Waals surface area contributed by atoms with E-state index in [-0.39, 0.29) is 5.75 Å². The number of rotatable bonds is 2. The van der Waals surface area contributed by atoms with Crippen molar-refractivity contribution >= 4 is 23.1 Å². The Kier molecular flexibility index (Phi) is 3.44. The highest BCUT2D eigenvalue weighted by molar-refractivity contribution is 5.85. The molecule has 3 aromatic rings. The topological polar surface area (TPSA) is 33.1 Å². The van der Waals surface area contributed by atoms with Crippen molar-refractivity contribution in [3.05, 3.63) is 70.9 Å². The first-order valence-corrected chi connectivity index (χ1v) is 6.97. The van der Waals surface area contributed by atoms with Gasteiger partial charge in [0.25, 0.3) is 0 Å². The van der Waals surface area contributed by atoms with Crippen molar-refractivity contribution in [1.82, 2.24) is 4.98 Å². The molecule has 0 fully saturated rings. The van der Waals surface area contributed by atoms with Crippen LogP contribution >= 0.6 is 0 Å². The van der Waals surface area contributed by atoms with Gasteiger partial charge in [0, 0.05) is 5.39 Å². The predicted octanol–water partition coefficient (Wildman–Crippen LogP) is 4.73. The first kappa shape index (κ1) is 13.4. The van der Waals surface area contributed by atoms with E-state index in [9.17, 15) is 5.11 Å². The Morgan fingerprint density at radius 3 is 2.67 bits per heavy atom. The highest BCUT2D eigenvalue weighted by atomic mass is 16.3. The summed E-state index contributed by atoms with van der Waals surface area (Å²) in [6.07, 6.45) is 4.05. The van der Waals surface area contributed by atoms with Gasteiger partial charge in [-0.1, -0.05) is 48.0 Å². The van der Waals surface area contributed by atoms with Crippen molar-refractivity contribution in [1.29, 1.82) is 0 Å². The van der Waals surface area contributed by atoms with E-state index in [0.717, 1.165) is 11.1 Å². The van der Waals surface area contributed by atoms with Crippen molar-refractivity contribution in [2.75, 3.05) is 0 Å². The van der Waals surface area contributed by atoms with Gasteiger partial charge in [-0.15, -0.1) is 0 Å². The molecule has 0 aliphatic heterocycles. The van der Waals surface area contributed by atoms with Crippen molar-refractivity contribution in [2.24, 2.45) is 0 Å². The van der Waals surface area contributed by atoms with Gasteiger partial charge in [0.1, 0.15) is 11.3 Å². The van der Waals surface area contributed by atoms with Crippen LogP contribution < -0.4 is 0 Å². The van der Waals surface area contributed by atoms with E-state index in [2.05, 4.69) is 43.1 Å². The maximum atomic E-state index is 9.87. The molecule has 21 heavy (non-hydrogen) atoms. The summed E-state index contributed by atoms with van der Waals surface area (Å²) in [4.78, 5) is 4.51. The Morgan fingerprint density at radius 2 is 1.81 bits per heavy atom. The second-order valence-electron chi connectivity index (χ2n) is 5.28. The number of aromatic hydroxyl groups is 1. The molecule has 104 valence electrons. The maximum absolute atomic E-state index is 9.87. The lowest BCUT2D eigenvalue weighted by molar-refractivity contribution is 0.480. The molecule has 0 unspecified atom stereocenters. The third kappa shape index (κ3) is 2.79. The minimum atomic E-state index is 0.217. The largest absolute Gasteiger partial charge is 0.506 e. The van der Waals surface area contributed by atoms with E-state index < -0.39 is 0 Å². The molecule has 2 nitrogen and oxygen atoms in total. The summed E-state index contributed by atoms with van der Waals surface area (Å²) in [5, 5.41) is 10.8. The number of phenolic OH excluding ortho intramolecular Hbond substituents is 1. The smallest absolute Gasteiger partial charge is 0.141 e. The van der Waals surface area contributed by atoms with Crippen LogP contribution in [-0.4, -0.2) is 10.1 Å². The number of hydrogen-bond acceptors (Lipinski definition) is 2. The predicted molar refractivity (Wildman–Crippen MR) is 88.3 cm³/mol. The Hall–Kier alpha value is -2.61. The lowest BCUT2D eigenvalue weighted by atomic mass is 10.0. The Morgan fingerprint density at radius 1 is 0.952 bits per heavy atom. The molecule has 0 amide bonds. The summed E-state index contributed by atoms with van der Waals surface area (Å²) >= 11 is 0. The monoisotopic (exact) mass is 275 g/mol. The molecule has 0 spiro atoms. The molecule has 0 aliphatic carbocycles. The second kappa shape index (κ2) is 5.41. The fraction of sp³-hybridized carbons (Fsp3) is 0.105. The Balaban J connectivity index is 1.99. The van der Waals surface area contributed by atoms with Gasteiger partial charge >= 0.3 is 0 Å². The molecule has 3 rings (SSSR count). The molecule has 1 aromatic heterocycles. The van der Waals surface area contributed by atoms with Crippen LogP contribution in [0.15, 0.2) is 48.5 Å². The number of phenols is 1. The third-order valence-corrected chi connectivity index (χ3v) is 3.59. The van der Waals surface area contributed by atoms with E-state index in [1.165, 1.54) is 16.7 Å². The zero-order valence-corrected chi connectivity index (χ0v) is 12.2. The van der Waals surface area contributed by atoms with Crippen molar-refractivity contribution in [2.45, 2.75) is 13.8 Å². The number of pyridine rings is 1. The van der Waals surface area contributed by atoms with E-state index in [1.54, 1.807) is 6.07 Å². The van der Waals surface area contributed by atoms with Crippen LogP contribution in [0.5, 0.6) is 5.75 Å². The van der Waals surface area contributed by atoms with Crippen LogP contribution in [0.4, 0.5) is 0 Å². The molecular weight excluding hydrogens is 258 g/mol. The summed E-state index contributed by atoms with van der Waals surface area (Å²) in [6.45, 7) is 4.18. The maximum Gasteiger partial charge on any atom is 0.141 e. The van der Waals surface area contributed by atoms with Crippen LogP contribution in [0.3, 0.4) is 0 Å². The molecular formula is C19H17NO. The van der Waals surface area contributed by atoms with Crippen LogP contribution in [-0.2, 0) is 0 Å². The number of benzene rings is 2. The highest BCUT2D eigenvalue weighted by Gasteiger charge is 2.01. The van der Waals surface area contributed by atoms with Gasteiger partial charge < -0.3 is 5.11 Å². The lowest BCUT2D eigenvalue weighted by Gasteiger charge is -2.03. The average Bonchev–Trinajstić information content (AvgIpc) is 2.49. The summed E-state index contributed by atoms with van der Waals surface area (Å²) in [5.74, 6) is 0.217. The minimum Gasteiger partial charge on any atom is -0.506 e. The third-order valence-electron chi connectivity index (χ3n) is 3.59. The van der Waals surface area contributed by atoms with Crippen LogP contribution in [0, 0.1) is 13.8 Å². The van der Waals surface area contributed by atoms with Crippen molar-refractivity contribution < 1.29 is 5.11 Å². The van der Waals surface area contributed by atoms with Gasteiger partial charge in [0.15, 0.2) is 0 Å². The van der Waals surface area contributed by atoms with Crippen molar-refractivity contribution in [3.63, 3.8) is 0 Å². The Labute approximate surface area is 124 Å². The molecule has 1 heterocycles. The number of aryl methyl sites for hydroxylation is 2. The van der Waals surface area contributed by atoms with Crippen LogP contribution in [0.1, 0.15) is 22.4 Å². The average molecular weight is 275 g/mol. The zero-order chi connectivity index (χ0) is 14.8. The molecule has 2 aromatic carbocycles. The molecule has 0 bridgehead atoms. The molecule has 2 heteroatoms. The summed E-state index contributed by atoms with van der Waals surface area (Å²) in [7, 11) is 0. The second-order valence-corrected chi connectivity index (χ2v) is 5.28. The van der Waals surface area contributed by atoms with Crippen LogP contribution in [0.2, 0.25) is 0 Å². The molecule has 0 saturated carbocycles. The van der Waals surface area contributed by atoms with Gasteiger partial charge in [-0.3, -0.25) is 0 Å². The highest BCUT2D eigenvalue weighted by Crippen LogP contribution is 2.23. The number of nitrogens with zero attached hydrogens (tertiary/aromatic N) is 1. The molecule has 0 atom stereocenters. The molecule has 0 aliphatic rings. The van der Waals surface area contributed by atoms with Gasteiger partial charge in [0.2, 0.25) is 0 Å². The SMILES string of the molecule is Cc1ccc(C)c(C=Cc2ccc3cccc(O)c3n2)c1. The van der Waals surface area contributed by atoms with Crippen LogP contribution in [0.25, 0.3) is 23.1 Å². The molecule has 1 N–H and O–H groups in total. The van der Waals surface area contributed by atoms with Gasteiger partial charge in [-0.2, -0.15) is 0 Å². The number of aromatic nitrogens is 1. The first-order valence-electron chi connectivity index (χ1n) is 6.97. The van der Waals surface area contributed by atoms with E-state index in [4.69, 9.17) is 0 Å². The lowest BCUT2D eigenvalue weighted by Crippen LogP contribution is -1.85. The normalized spacial score (nSPS) is 11.3. The number of para-hydroxylation sites is 1. The Bertz CT molecular complexity index is 834. The van der Waals surface area contributed by atoms with Gasteiger partial charge in [-0.05, 0) is 43.2 Å². The van der Waals surface area contributed by atoms with E-state index in [1.807, 2.05) is 30.3 Å². The fourth-order valence-corrected chi connectivity index (χ4v) is 2.35. The number of fused-ring (bicyclic) bond motifs is 1. The number of hydrogen-bond donors (Lipinski definition) is 1. The fourth-order valence-electron chi connectivity index (χ4n) is 2.35. The first-order chi connectivity index (χ1) is 10.1. The summed E-state index contributed by atoms with van der Waals surface area (Å²) in [6, 6.07) is 15.8. The standard InChI is InChI=1S/C19H17NO/c1-13-6-7-14(2)16(12-13)9-11-17-10-8-15-4-3-5-18(21)19(15)20-17/h3-12,21H,1-2H3. The van der Waals surface area contributed by atoms with E-state index >= 15 is 0 Å². The quantitative estimate of drug-likeness (QED) is 0.733. The molecule has 0 radical (unpaired) electrons. The van der Waals surface area contributed by atoms with Gasteiger partial charge in [0.05, 0.1) is 5.69 Å². The van der Waals surface area contributed by atoms with E-state index in [0.29, 0.717) is 5.52 Å². The zero-order valence-electron chi connectivity index (χ0n) is 12.2. The molecule has 0 saturated heterocycles. The minimum absolute atomic E-state index is 0.217. The van der Waals surface area contributed by atoms with Gasteiger partial charge in [-0.25, -0.2) is 4.98 Å². The summed E-state index contributed by atoms with van der Waals surface area (Å²) in [5.41, 5.74) is 5.14.